The number of benzene rings is 2. The minimum absolute atomic E-state index is 0.0253. The van der Waals surface area contributed by atoms with E-state index in [-0.39, 0.29) is 5.91 Å². The van der Waals surface area contributed by atoms with Gasteiger partial charge < -0.3 is 9.47 Å². The van der Waals surface area contributed by atoms with E-state index in [1.54, 1.807) is 11.3 Å². The Morgan fingerprint density at radius 3 is 2.64 bits per heavy atom. The Bertz CT molecular complexity index is 1360. The second kappa shape index (κ2) is 8.26. The highest BCUT2D eigenvalue weighted by atomic mass is 35.5. The number of thiazole rings is 1. The van der Waals surface area contributed by atoms with Crippen molar-refractivity contribution in [2.75, 3.05) is 6.54 Å². The van der Waals surface area contributed by atoms with E-state index in [2.05, 4.69) is 23.4 Å². The number of rotatable bonds is 4. The van der Waals surface area contributed by atoms with Crippen molar-refractivity contribution in [2.24, 2.45) is 0 Å². The number of carbonyl (C=O) groups excluding carboxylic acids is 1. The molecule has 2 aromatic carbocycles. The summed E-state index contributed by atoms with van der Waals surface area (Å²) in [5.74, 6) is 0.895. The molecule has 170 valence electrons. The smallest absolute Gasteiger partial charge is 0.274 e. The molecule has 1 aliphatic rings. The fraction of sp³-hybridized carbons (Fsp3) is 0.346. The van der Waals surface area contributed by atoms with Crippen LogP contribution in [0.5, 0.6) is 0 Å². The van der Waals surface area contributed by atoms with Crippen LogP contribution in [0.1, 0.15) is 53.6 Å². The van der Waals surface area contributed by atoms with Crippen molar-refractivity contribution in [3.63, 3.8) is 0 Å². The zero-order valence-electron chi connectivity index (χ0n) is 19.4. The number of nitrogens with zero attached hydrogens (tertiary/aromatic N) is 4. The number of likely N-dealkylation sites (tertiary alicyclic amines) is 1. The highest BCUT2D eigenvalue weighted by Crippen LogP contribution is 2.42. The third-order valence-corrected chi connectivity index (χ3v) is 8.18. The van der Waals surface area contributed by atoms with Gasteiger partial charge in [-0.2, -0.15) is 0 Å². The van der Waals surface area contributed by atoms with Crippen molar-refractivity contribution in [2.45, 2.75) is 52.6 Å². The Labute approximate surface area is 203 Å². The van der Waals surface area contributed by atoms with Gasteiger partial charge in [-0.1, -0.05) is 41.9 Å². The van der Waals surface area contributed by atoms with E-state index >= 15 is 0 Å². The molecule has 0 unspecified atom stereocenters. The van der Waals surface area contributed by atoms with Crippen LogP contribution in [0.3, 0.4) is 0 Å². The first-order chi connectivity index (χ1) is 15.8. The maximum absolute atomic E-state index is 14.0. The monoisotopic (exact) mass is 478 g/mol. The van der Waals surface area contributed by atoms with Crippen molar-refractivity contribution in [3.8, 4) is 10.4 Å². The van der Waals surface area contributed by atoms with Crippen molar-refractivity contribution in [1.82, 2.24) is 19.4 Å². The first kappa shape index (κ1) is 22.1. The number of hydrogen-bond acceptors (Lipinski definition) is 4. The van der Waals surface area contributed by atoms with E-state index in [1.165, 1.54) is 0 Å². The lowest BCUT2D eigenvalue weighted by atomic mass is 9.97. The number of fused-ring (bicyclic) bond motifs is 1. The van der Waals surface area contributed by atoms with Crippen LogP contribution in [0.4, 0.5) is 0 Å². The van der Waals surface area contributed by atoms with Gasteiger partial charge in [-0.25, -0.2) is 9.97 Å². The third-order valence-electron chi connectivity index (χ3n) is 6.75. The molecule has 0 radical (unpaired) electrons. The molecule has 1 amide bonds. The summed E-state index contributed by atoms with van der Waals surface area (Å²) in [6.45, 7) is 9.70. The summed E-state index contributed by atoms with van der Waals surface area (Å²) in [5.41, 5.74) is 4.04. The van der Waals surface area contributed by atoms with Crippen molar-refractivity contribution in [3.05, 3.63) is 69.6 Å². The lowest BCUT2D eigenvalue weighted by Crippen LogP contribution is -2.45. The van der Waals surface area contributed by atoms with E-state index < -0.39 is 5.54 Å². The highest BCUT2D eigenvalue weighted by Gasteiger charge is 2.46. The highest BCUT2D eigenvalue weighted by molar-refractivity contribution is 7.15. The van der Waals surface area contributed by atoms with Crippen LogP contribution < -0.4 is 0 Å². The number of aromatic nitrogens is 3. The topological polar surface area (TPSA) is 51.0 Å². The lowest BCUT2D eigenvalue weighted by Gasteiger charge is -2.35. The van der Waals surface area contributed by atoms with Crippen LogP contribution in [-0.2, 0) is 12.1 Å². The molecule has 5 rings (SSSR count). The van der Waals surface area contributed by atoms with Gasteiger partial charge in [0.2, 0.25) is 0 Å². The molecule has 4 aromatic rings. The maximum atomic E-state index is 14.0. The second-order valence-electron chi connectivity index (χ2n) is 8.83. The fourth-order valence-electron chi connectivity index (χ4n) is 5.10. The minimum atomic E-state index is -0.517. The van der Waals surface area contributed by atoms with Gasteiger partial charge in [0.05, 0.1) is 26.5 Å². The second-order valence-corrected chi connectivity index (χ2v) is 10.4. The molecular weight excluding hydrogens is 452 g/mol. The quantitative estimate of drug-likeness (QED) is 0.332. The number of imidazole rings is 1. The van der Waals surface area contributed by atoms with Crippen molar-refractivity contribution < 1.29 is 4.79 Å². The summed E-state index contributed by atoms with van der Waals surface area (Å²) < 4.78 is 2.23. The van der Waals surface area contributed by atoms with E-state index in [0.29, 0.717) is 12.2 Å². The average molecular weight is 479 g/mol. The molecule has 5 nitrogen and oxygen atoms in total. The van der Waals surface area contributed by atoms with Crippen LogP contribution in [0.2, 0.25) is 5.02 Å². The molecule has 0 saturated carbocycles. The van der Waals surface area contributed by atoms with Crippen LogP contribution in [0.25, 0.3) is 21.5 Å². The van der Waals surface area contributed by atoms with Gasteiger partial charge in [-0.15, -0.1) is 11.3 Å². The SMILES string of the molecule is CCn1c([C@]2(C)CCCN2C(=O)c2nc(C)sc2-c2ccccc2)nc2ccc(Cl)c(C)c21. The molecule has 2 aromatic heterocycles. The van der Waals surface area contributed by atoms with Gasteiger partial charge in [-0.3, -0.25) is 4.79 Å². The Morgan fingerprint density at radius 2 is 1.91 bits per heavy atom. The molecule has 0 bridgehead atoms. The molecular formula is C26H27ClN4OS. The Balaban J connectivity index is 1.62. The van der Waals surface area contributed by atoms with Crippen LogP contribution in [0, 0.1) is 13.8 Å². The maximum Gasteiger partial charge on any atom is 0.274 e. The summed E-state index contributed by atoms with van der Waals surface area (Å²) in [6, 6.07) is 13.9. The molecule has 1 aliphatic heterocycles. The summed E-state index contributed by atoms with van der Waals surface area (Å²) in [5, 5.41) is 1.63. The molecule has 1 atom stereocenters. The van der Waals surface area contributed by atoms with Crippen LogP contribution in [-0.4, -0.2) is 31.9 Å². The lowest BCUT2D eigenvalue weighted by molar-refractivity contribution is 0.0594. The average Bonchev–Trinajstić information content (AvgIpc) is 3.51. The first-order valence-electron chi connectivity index (χ1n) is 11.4. The van der Waals surface area contributed by atoms with E-state index in [0.717, 1.165) is 62.3 Å². The molecule has 0 N–H and O–H groups in total. The summed E-state index contributed by atoms with van der Waals surface area (Å²) in [6.07, 6.45) is 1.79. The van der Waals surface area contributed by atoms with Gasteiger partial charge in [0.15, 0.2) is 0 Å². The molecule has 3 heterocycles. The normalized spacial score (nSPS) is 18.4. The number of amides is 1. The van der Waals surface area contributed by atoms with Gasteiger partial charge in [-0.05, 0) is 63.8 Å². The first-order valence-corrected chi connectivity index (χ1v) is 12.5. The summed E-state index contributed by atoms with van der Waals surface area (Å²) in [7, 11) is 0. The fourth-order valence-corrected chi connectivity index (χ4v) is 6.17. The van der Waals surface area contributed by atoms with Crippen LogP contribution >= 0.6 is 22.9 Å². The zero-order valence-corrected chi connectivity index (χ0v) is 20.9. The molecule has 1 fully saturated rings. The minimum Gasteiger partial charge on any atom is -0.326 e. The van der Waals surface area contributed by atoms with E-state index in [1.807, 2.05) is 61.2 Å². The van der Waals surface area contributed by atoms with E-state index in [4.69, 9.17) is 16.6 Å². The third kappa shape index (κ3) is 3.47. The Kier molecular flexibility index (Phi) is 5.53. The number of carbonyl (C=O) groups is 1. The molecule has 0 spiro atoms. The molecule has 7 heteroatoms. The Hall–Kier alpha value is -2.70. The number of hydrogen-bond donors (Lipinski definition) is 0. The number of aryl methyl sites for hydroxylation is 3. The van der Waals surface area contributed by atoms with Crippen molar-refractivity contribution in [1.29, 1.82) is 0 Å². The van der Waals surface area contributed by atoms with Gasteiger partial charge in [0.1, 0.15) is 11.5 Å². The van der Waals surface area contributed by atoms with Gasteiger partial charge >= 0.3 is 0 Å². The van der Waals surface area contributed by atoms with Crippen LogP contribution in [0.15, 0.2) is 42.5 Å². The Morgan fingerprint density at radius 1 is 1.15 bits per heavy atom. The van der Waals surface area contributed by atoms with Gasteiger partial charge in [0.25, 0.3) is 5.91 Å². The van der Waals surface area contributed by atoms with E-state index in [9.17, 15) is 4.79 Å². The predicted octanol–water partition coefficient (Wildman–Crippen LogP) is 6.60. The molecule has 1 saturated heterocycles. The molecule has 0 aliphatic carbocycles. The summed E-state index contributed by atoms with van der Waals surface area (Å²) >= 11 is 8.02. The van der Waals surface area contributed by atoms with Gasteiger partial charge in [0, 0.05) is 18.1 Å². The zero-order chi connectivity index (χ0) is 23.3. The standard InChI is InChI=1S/C26H27ClN4OS/c1-5-30-22-16(2)19(27)12-13-20(22)29-25(30)26(4)14-9-15-31(26)24(32)21-23(33-17(3)28-21)18-10-7-6-8-11-18/h6-8,10-13H,5,9,14-15H2,1-4H3/t26-/m0/s1. The largest absolute Gasteiger partial charge is 0.326 e. The summed E-state index contributed by atoms with van der Waals surface area (Å²) in [4.78, 5) is 26.6. The number of halogens is 1. The van der Waals surface area contributed by atoms with Crippen molar-refractivity contribution >= 4 is 39.9 Å². The molecule has 33 heavy (non-hydrogen) atoms. The predicted molar refractivity (Wildman–Crippen MR) is 135 cm³/mol.